The van der Waals surface area contributed by atoms with Crippen molar-refractivity contribution >= 4 is 23.6 Å². The highest BCUT2D eigenvalue weighted by Gasteiger charge is 2.46. The third kappa shape index (κ3) is 5.74. The van der Waals surface area contributed by atoms with Gasteiger partial charge >= 0.3 is 6.09 Å². The van der Waals surface area contributed by atoms with Gasteiger partial charge in [0, 0.05) is 17.8 Å². The summed E-state index contributed by atoms with van der Waals surface area (Å²) < 4.78 is 5.71. The summed E-state index contributed by atoms with van der Waals surface area (Å²) in [6.07, 6.45) is -0.513. The van der Waals surface area contributed by atoms with Crippen LogP contribution in [-0.4, -0.2) is 35.4 Å². The quantitative estimate of drug-likeness (QED) is 0.462. The van der Waals surface area contributed by atoms with Crippen LogP contribution in [0.15, 0.2) is 72.8 Å². The highest BCUT2D eigenvalue weighted by atomic mass is 16.6. The van der Waals surface area contributed by atoms with Crippen molar-refractivity contribution in [3.8, 4) is 0 Å². The Morgan fingerprint density at radius 3 is 2.33 bits per heavy atom. The first-order chi connectivity index (χ1) is 17.4. The van der Waals surface area contributed by atoms with E-state index >= 15 is 0 Å². The Hall–Kier alpha value is -4.13. The Balaban J connectivity index is 1.54. The Bertz CT molecular complexity index is 1240. The molecule has 1 fully saturated rings. The topological polar surface area (TPSA) is 87.7 Å². The summed E-state index contributed by atoms with van der Waals surface area (Å²) >= 11 is 0. The third-order valence-corrected chi connectivity index (χ3v) is 6.15. The summed E-state index contributed by atoms with van der Waals surface area (Å²) in [6.45, 7) is 6.69. The van der Waals surface area contributed by atoms with Gasteiger partial charge in [0.2, 0.25) is 5.91 Å². The highest BCUT2D eigenvalue weighted by molar-refractivity contribution is 6.04. The minimum absolute atomic E-state index is 0.208. The summed E-state index contributed by atoms with van der Waals surface area (Å²) in [5.74, 6) is -0.462. The zero-order chi connectivity index (χ0) is 25.7. The summed E-state index contributed by atoms with van der Waals surface area (Å²) in [5.41, 5.74) is 4.90. The number of amides is 3. The van der Waals surface area contributed by atoms with Crippen LogP contribution in [0.25, 0.3) is 0 Å². The molecule has 36 heavy (non-hydrogen) atoms. The van der Waals surface area contributed by atoms with Crippen LogP contribution in [0.3, 0.4) is 0 Å². The number of ether oxygens (including phenoxy) is 1. The van der Waals surface area contributed by atoms with Crippen LogP contribution in [0.1, 0.15) is 52.1 Å². The predicted molar refractivity (Wildman–Crippen MR) is 139 cm³/mol. The van der Waals surface area contributed by atoms with E-state index in [1.165, 1.54) is 4.90 Å². The largest absolute Gasteiger partial charge is 0.438 e. The van der Waals surface area contributed by atoms with Gasteiger partial charge in [0.1, 0.15) is 0 Å². The van der Waals surface area contributed by atoms with E-state index in [4.69, 9.17) is 4.74 Å². The van der Waals surface area contributed by atoms with E-state index in [2.05, 4.69) is 10.6 Å². The van der Waals surface area contributed by atoms with Crippen LogP contribution >= 0.6 is 0 Å². The molecule has 7 heteroatoms. The van der Waals surface area contributed by atoms with E-state index in [9.17, 15) is 14.4 Å². The van der Waals surface area contributed by atoms with Gasteiger partial charge in [-0.15, -0.1) is 0 Å². The molecular weight excluding hydrogens is 454 g/mol. The fourth-order valence-corrected chi connectivity index (χ4v) is 4.20. The first-order valence-corrected chi connectivity index (χ1v) is 12.1. The van der Waals surface area contributed by atoms with Gasteiger partial charge in [0.05, 0.1) is 6.54 Å². The molecule has 186 valence electrons. The molecule has 0 aliphatic carbocycles. The molecule has 4 rings (SSSR count). The number of carbonyl (C=O) groups is 3. The van der Waals surface area contributed by atoms with Gasteiger partial charge in [-0.2, -0.15) is 0 Å². The van der Waals surface area contributed by atoms with Gasteiger partial charge in [-0.3, -0.25) is 14.5 Å². The number of carbonyl (C=O) groups excluding carboxylic acids is 3. The number of aryl methyl sites for hydroxylation is 2. The molecule has 0 spiro atoms. The Kier molecular flexibility index (Phi) is 7.68. The van der Waals surface area contributed by atoms with Gasteiger partial charge < -0.3 is 15.4 Å². The van der Waals surface area contributed by atoms with Crippen LogP contribution in [0.5, 0.6) is 0 Å². The fraction of sp³-hybridized carbons (Fsp3) is 0.276. The maximum absolute atomic E-state index is 13.1. The van der Waals surface area contributed by atoms with Crippen molar-refractivity contribution in [2.75, 3.05) is 11.9 Å². The Labute approximate surface area is 211 Å². The number of nitrogens with one attached hydrogen (secondary N) is 2. The van der Waals surface area contributed by atoms with Crippen LogP contribution in [0.4, 0.5) is 10.5 Å². The zero-order valence-electron chi connectivity index (χ0n) is 20.8. The molecule has 2 N–H and O–H groups in total. The van der Waals surface area contributed by atoms with Crippen LogP contribution < -0.4 is 10.6 Å². The molecule has 1 aliphatic heterocycles. The second-order valence-corrected chi connectivity index (χ2v) is 9.10. The lowest BCUT2D eigenvalue weighted by atomic mass is 10.00. The van der Waals surface area contributed by atoms with E-state index < -0.39 is 18.2 Å². The maximum Gasteiger partial charge on any atom is 0.411 e. The summed E-state index contributed by atoms with van der Waals surface area (Å²) in [4.78, 5) is 40.1. The lowest BCUT2D eigenvalue weighted by Crippen LogP contribution is -2.46. The monoisotopic (exact) mass is 485 g/mol. The van der Waals surface area contributed by atoms with Gasteiger partial charge in [-0.25, -0.2) is 4.79 Å². The summed E-state index contributed by atoms with van der Waals surface area (Å²) in [5, 5.41) is 5.79. The van der Waals surface area contributed by atoms with Crippen molar-refractivity contribution in [3.05, 3.63) is 101 Å². The molecule has 3 aromatic rings. The lowest BCUT2D eigenvalue weighted by Gasteiger charge is -2.24. The average Bonchev–Trinajstić information content (AvgIpc) is 3.20. The molecule has 7 nitrogen and oxygen atoms in total. The molecule has 1 aliphatic rings. The molecule has 0 aromatic heterocycles. The summed E-state index contributed by atoms with van der Waals surface area (Å²) in [6, 6.07) is 21.5. The van der Waals surface area contributed by atoms with E-state index in [1.54, 1.807) is 30.3 Å². The summed E-state index contributed by atoms with van der Waals surface area (Å²) in [7, 11) is 0. The van der Waals surface area contributed by atoms with Crippen LogP contribution in [-0.2, 0) is 16.1 Å². The first kappa shape index (κ1) is 25.0. The molecular formula is C29H31N3O4. The predicted octanol–water partition coefficient (Wildman–Crippen LogP) is 5.14. The number of hydrogen-bond donors (Lipinski definition) is 2. The van der Waals surface area contributed by atoms with Crippen molar-refractivity contribution in [1.82, 2.24) is 10.2 Å². The number of hydrogen-bond acceptors (Lipinski definition) is 4. The van der Waals surface area contributed by atoms with Gasteiger partial charge in [-0.05, 0) is 55.7 Å². The molecule has 1 heterocycles. The first-order valence-electron chi connectivity index (χ1n) is 12.1. The minimum Gasteiger partial charge on any atom is -0.438 e. The number of rotatable bonds is 8. The average molecular weight is 486 g/mol. The standard InChI is InChI=1S/C29H31N3O4/c1-4-16-30-28(34)25-26(36-29(35)32(25)18-21-10-8-19(2)9-11-21)22-12-14-24(15-13-22)31-27(33)23-7-5-6-20(3)17-23/h5-15,17,25-26H,4,16,18H2,1-3H3,(H,30,34)(H,31,33)/t25-,26+/m1/s1. The second-order valence-electron chi connectivity index (χ2n) is 9.10. The van der Waals surface area contributed by atoms with Crippen molar-refractivity contribution < 1.29 is 19.1 Å². The van der Waals surface area contributed by atoms with Crippen LogP contribution in [0.2, 0.25) is 0 Å². The highest BCUT2D eigenvalue weighted by Crippen LogP contribution is 2.34. The third-order valence-electron chi connectivity index (χ3n) is 6.15. The van der Waals surface area contributed by atoms with Crippen molar-refractivity contribution in [2.45, 2.75) is 45.9 Å². The second kappa shape index (κ2) is 11.1. The Morgan fingerprint density at radius 2 is 1.67 bits per heavy atom. The molecule has 3 amide bonds. The van der Waals surface area contributed by atoms with Gasteiger partial charge in [0.15, 0.2) is 12.1 Å². The zero-order valence-corrected chi connectivity index (χ0v) is 20.8. The number of nitrogens with zero attached hydrogens (tertiary/aromatic N) is 1. The Morgan fingerprint density at radius 1 is 0.944 bits per heavy atom. The minimum atomic E-state index is -0.807. The number of benzene rings is 3. The number of cyclic esters (lactones) is 1. The lowest BCUT2D eigenvalue weighted by molar-refractivity contribution is -0.126. The van der Waals surface area contributed by atoms with Gasteiger partial charge in [0.25, 0.3) is 5.91 Å². The SMILES string of the molecule is CCCNC(=O)[C@H]1[C@H](c2ccc(NC(=O)c3cccc(C)c3)cc2)OC(=O)N1Cc1ccc(C)cc1. The molecule has 0 bridgehead atoms. The smallest absolute Gasteiger partial charge is 0.411 e. The van der Waals surface area contributed by atoms with Crippen LogP contribution in [0, 0.1) is 13.8 Å². The molecule has 0 unspecified atom stereocenters. The van der Waals surface area contributed by atoms with Crippen molar-refractivity contribution in [3.63, 3.8) is 0 Å². The molecule has 1 saturated heterocycles. The van der Waals surface area contributed by atoms with E-state index in [0.717, 1.165) is 23.1 Å². The van der Waals surface area contributed by atoms with E-state index in [0.29, 0.717) is 23.4 Å². The van der Waals surface area contributed by atoms with E-state index in [-0.39, 0.29) is 18.4 Å². The molecule has 3 aromatic carbocycles. The molecule has 0 radical (unpaired) electrons. The molecule has 2 atom stereocenters. The van der Waals surface area contributed by atoms with Crippen molar-refractivity contribution in [1.29, 1.82) is 0 Å². The van der Waals surface area contributed by atoms with Crippen molar-refractivity contribution in [2.24, 2.45) is 0 Å². The maximum atomic E-state index is 13.1. The normalized spacial score (nSPS) is 17.0. The number of anilines is 1. The van der Waals surface area contributed by atoms with E-state index in [1.807, 2.05) is 63.2 Å². The fourth-order valence-electron chi connectivity index (χ4n) is 4.20. The molecule has 0 saturated carbocycles. The van der Waals surface area contributed by atoms with Gasteiger partial charge in [-0.1, -0.05) is 66.6 Å².